The van der Waals surface area contributed by atoms with Gasteiger partial charge in [0.15, 0.2) is 0 Å². The number of nitrogens with one attached hydrogen (secondary N) is 2. The van der Waals surface area contributed by atoms with Crippen LogP contribution in [-0.4, -0.2) is 6.67 Å². The highest BCUT2D eigenvalue weighted by atomic mass is 31.8. The van der Waals surface area contributed by atoms with Gasteiger partial charge in [-0.2, -0.15) is 0 Å². The van der Waals surface area contributed by atoms with Crippen LogP contribution in [0, 0.1) is 0 Å². The third kappa shape index (κ3) is 1.15. The van der Waals surface area contributed by atoms with Crippen molar-refractivity contribution in [2.45, 2.75) is 6.54 Å². The Morgan fingerprint density at radius 1 is 1.50 bits per heavy atom. The molecule has 0 spiro atoms. The molecule has 0 aromatic carbocycles. The third-order valence-electron chi connectivity index (χ3n) is 1.49. The van der Waals surface area contributed by atoms with E-state index in [1.54, 1.807) is 0 Å². The minimum absolute atomic E-state index is 0.912. The van der Waals surface area contributed by atoms with Crippen molar-refractivity contribution in [1.29, 1.82) is 0 Å². The molecule has 2 nitrogen and oxygen atoms in total. The first-order chi connectivity index (χ1) is 4.97. The minimum Gasteiger partial charge on any atom is -0.372 e. The van der Waals surface area contributed by atoms with Gasteiger partial charge < -0.3 is 5.32 Å². The molecular weight excluding hydrogens is 162 g/mol. The molecule has 1 aliphatic rings. The first-order valence-electron chi connectivity index (χ1n) is 3.22. The van der Waals surface area contributed by atoms with E-state index in [9.17, 15) is 0 Å². The Morgan fingerprint density at radius 3 is 3.40 bits per heavy atom. The van der Waals surface area contributed by atoms with Gasteiger partial charge in [-0.1, -0.05) is 0 Å². The van der Waals surface area contributed by atoms with Crippen molar-refractivity contribution in [3.05, 3.63) is 17.2 Å². The summed E-state index contributed by atoms with van der Waals surface area (Å²) in [5.41, 5.74) is 1.33. The first kappa shape index (κ1) is 6.54. The topological polar surface area (TPSA) is 24.1 Å². The van der Waals surface area contributed by atoms with E-state index in [0.717, 1.165) is 13.2 Å². The van der Waals surface area contributed by atoms with Crippen LogP contribution >= 0.6 is 15.7 Å². The molecular formula is C6H8N2P2. The molecule has 0 radical (unpaired) electrons. The average molecular weight is 170 g/mol. The molecule has 0 aliphatic carbocycles. The summed E-state index contributed by atoms with van der Waals surface area (Å²) in [5, 5.41) is 8.06. The fourth-order valence-corrected chi connectivity index (χ4v) is 3.21. The van der Waals surface area contributed by atoms with Crippen molar-refractivity contribution >= 4 is 21.4 Å². The first-order valence-corrected chi connectivity index (χ1v) is 5.78. The summed E-state index contributed by atoms with van der Waals surface area (Å²) < 4.78 is 0. The van der Waals surface area contributed by atoms with E-state index in [1.807, 2.05) is 0 Å². The van der Waals surface area contributed by atoms with Gasteiger partial charge in [-0.15, -0.1) is 0 Å². The standard InChI is InChI=1S/C6H8N2P2/c1-2-9-10-6-3-7-4-8-5(1)6/h1-2,7-8H,3-4H2. The summed E-state index contributed by atoms with van der Waals surface area (Å²) in [6.45, 7) is 1.97. The van der Waals surface area contributed by atoms with Crippen LogP contribution in [0.2, 0.25) is 0 Å². The Hall–Kier alpha value is -0.160. The van der Waals surface area contributed by atoms with E-state index >= 15 is 0 Å². The molecule has 52 valence electrons. The lowest BCUT2D eigenvalue weighted by molar-refractivity contribution is 0.720. The monoisotopic (exact) mass is 170 g/mol. The zero-order chi connectivity index (χ0) is 6.81. The van der Waals surface area contributed by atoms with Crippen molar-refractivity contribution in [2.24, 2.45) is 0 Å². The highest BCUT2D eigenvalue weighted by Gasteiger charge is 2.04. The van der Waals surface area contributed by atoms with Crippen LogP contribution in [0.1, 0.15) is 5.30 Å². The summed E-state index contributed by atoms with van der Waals surface area (Å²) in [5.74, 6) is 2.19. The van der Waals surface area contributed by atoms with E-state index in [4.69, 9.17) is 0 Å². The quantitative estimate of drug-likeness (QED) is 0.624. The van der Waals surface area contributed by atoms with Gasteiger partial charge in [-0.3, -0.25) is 5.32 Å². The molecule has 1 aliphatic heterocycles. The van der Waals surface area contributed by atoms with Crippen LogP contribution in [0.5, 0.6) is 0 Å². The van der Waals surface area contributed by atoms with Crippen molar-refractivity contribution in [2.75, 3.05) is 12.0 Å². The summed E-state index contributed by atoms with van der Waals surface area (Å²) in [4.78, 5) is 0. The molecule has 1 aromatic rings. The normalized spacial score (nSPS) is 17.2. The number of rotatable bonds is 0. The van der Waals surface area contributed by atoms with Gasteiger partial charge in [0.1, 0.15) is 0 Å². The highest BCUT2D eigenvalue weighted by Crippen LogP contribution is 2.32. The molecule has 0 saturated carbocycles. The van der Waals surface area contributed by atoms with Gasteiger partial charge in [0.2, 0.25) is 0 Å². The van der Waals surface area contributed by atoms with Crippen molar-refractivity contribution in [3.63, 3.8) is 0 Å². The van der Waals surface area contributed by atoms with Crippen LogP contribution in [0.4, 0.5) is 5.69 Å². The van der Waals surface area contributed by atoms with Crippen LogP contribution in [-0.2, 0) is 6.54 Å². The number of fused-ring (bicyclic) bond motifs is 1. The van der Waals surface area contributed by atoms with E-state index in [2.05, 4.69) is 22.5 Å². The van der Waals surface area contributed by atoms with Crippen molar-refractivity contribution < 1.29 is 0 Å². The third-order valence-corrected chi connectivity index (χ3v) is 4.00. The molecule has 2 heterocycles. The van der Waals surface area contributed by atoms with Crippen LogP contribution in [0.15, 0.2) is 11.9 Å². The Balaban J connectivity index is 2.41. The Kier molecular flexibility index (Phi) is 1.86. The van der Waals surface area contributed by atoms with Gasteiger partial charge >= 0.3 is 0 Å². The van der Waals surface area contributed by atoms with Gasteiger partial charge in [-0.05, 0) is 27.6 Å². The molecule has 0 fully saturated rings. The zero-order valence-corrected chi connectivity index (χ0v) is 7.25. The summed E-state index contributed by atoms with van der Waals surface area (Å²) in [6.07, 6.45) is 0. The molecule has 2 rings (SSSR count). The van der Waals surface area contributed by atoms with E-state index < -0.39 is 0 Å². The van der Waals surface area contributed by atoms with Crippen LogP contribution in [0.25, 0.3) is 0 Å². The van der Waals surface area contributed by atoms with E-state index in [0.29, 0.717) is 0 Å². The van der Waals surface area contributed by atoms with Crippen LogP contribution in [0.3, 0.4) is 0 Å². The Bertz CT molecular complexity index is 214. The average Bonchev–Trinajstić information content (AvgIpc) is 2.05. The van der Waals surface area contributed by atoms with Gasteiger partial charge in [0.05, 0.1) is 6.67 Å². The number of hydrogen-bond acceptors (Lipinski definition) is 2. The Morgan fingerprint density at radius 2 is 2.50 bits per heavy atom. The largest absolute Gasteiger partial charge is 0.372 e. The smallest absolute Gasteiger partial charge is 0.0656 e. The number of anilines is 1. The Labute approximate surface area is 63.1 Å². The van der Waals surface area contributed by atoms with E-state index in [-0.39, 0.29) is 0 Å². The predicted octanol–water partition coefficient (Wildman–Crippen LogP) is 2.32. The second-order valence-corrected chi connectivity index (χ2v) is 4.73. The second-order valence-electron chi connectivity index (χ2n) is 2.17. The maximum Gasteiger partial charge on any atom is 0.0656 e. The summed E-state index contributed by atoms with van der Waals surface area (Å²) in [6, 6.07) is 2.17. The SMILES string of the molecule is c1cc2c(pp1)CNCN2. The van der Waals surface area contributed by atoms with Gasteiger partial charge in [0.25, 0.3) is 0 Å². The summed E-state index contributed by atoms with van der Waals surface area (Å²) >= 11 is 0. The minimum atomic E-state index is 0.912. The second kappa shape index (κ2) is 2.84. The lowest BCUT2D eigenvalue weighted by Crippen LogP contribution is -2.26. The molecule has 0 amide bonds. The summed E-state index contributed by atoms with van der Waals surface area (Å²) in [7, 11) is 2.83. The zero-order valence-electron chi connectivity index (χ0n) is 5.46. The molecule has 4 heteroatoms. The van der Waals surface area contributed by atoms with Gasteiger partial charge in [-0.25, -0.2) is 0 Å². The fraction of sp³-hybridized carbons (Fsp3) is 0.333. The maximum absolute atomic E-state index is 3.29. The molecule has 1 aromatic heterocycles. The molecule has 0 saturated heterocycles. The van der Waals surface area contributed by atoms with Crippen molar-refractivity contribution in [3.8, 4) is 0 Å². The van der Waals surface area contributed by atoms with Gasteiger partial charge in [0, 0.05) is 17.5 Å². The lowest BCUT2D eigenvalue weighted by Gasteiger charge is -2.17. The predicted molar refractivity (Wildman–Crippen MR) is 46.8 cm³/mol. The fourth-order valence-electron chi connectivity index (χ4n) is 0.991. The molecule has 10 heavy (non-hydrogen) atoms. The van der Waals surface area contributed by atoms with Crippen molar-refractivity contribution in [1.82, 2.24) is 5.32 Å². The van der Waals surface area contributed by atoms with Crippen LogP contribution < -0.4 is 10.6 Å². The molecule has 2 N–H and O–H groups in total. The molecule has 0 bridgehead atoms. The maximum atomic E-state index is 3.29. The highest BCUT2D eigenvalue weighted by molar-refractivity contribution is 7.90. The number of hydrogen-bond donors (Lipinski definition) is 2. The van der Waals surface area contributed by atoms with E-state index in [1.165, 1.54) is 26.7 Å². The lowest BCUT2D eigenvalue weighted by atomic mass is 10.3. The molecule has 0 atom stereocenters. The molecule has 0 unspecified atom stereocenters.